The van der Waals surface area contributed by atoms with Gasteiger partial charge in [-0.15, -0.1) is 0 Å². The third kappa shape index (κ3) is 15.3. The van der Waals surface area contributed by atoms with Crippen LogP contribution in [0.1, 0.15) is 79.6 Å². The van der Waals surface area contributed by atoms with Gasteiger partial charge in [-0.3, -0.25) is 4.79 Å². The molecular weight excluding hydrogens is 574 g/mol. The Morgan fingerprint density at radius 1 is 1.16 bits per heavy atom. The van der Waals surface area contributed by atoms with Crippen molar-refractivity contribution in [1.82, 2.24) is 9.62 Å². The molecule has 2 fully saturated rings. The van der Waals surface area contributed by atoms with Crippen molar-refractivity contribution >= 4 is 21.9 Å². The molecule has 1 saturated heterocycles. The predicted octanol–water partition coefficient (Wildman–Crippen LogP) is 3.83. The predicted molar refractivity (Wildman–Crippen MR) is 169 cm³/mol. The second-order valence-corrected chi connectivity index (χ2v) is 13.8. The van der Waals surface area contributed by atoms with Gasteiger partial charge in [-0.1, -0.05) is 52.8 Å². The van der Waals surface area contributed by atoms with Gasteiger partial charge in [0.2, 0.25) is 10.0 Å². The molecule has 0 aromatic heterocycles. The van der Waals surface area contributed by atoms with Crippen molar-refractivity contribution in [3.63, 3.8) is 0 Å². The van der Waals surface area contributed by atoms with Crippen LogP contribution in [0.2, 0.25) is 0 Å². The molecule has 43 heavy (non-hydrogen) atoms. The van der Waals surface area contributed by atoms with E-state index < -0.39 is 33.5 Å². The standard InChI is InChI=1S/C28H47N3O8S.C3H8/c1-5-23(38-18-21(4)32)8-6-7-9-26(30-28(34)39-24-14-15-37-19-24)27(33)17-31(16-20(2)3)40(35,36)25-12-10-22(29)11-13-25;1-3-2/h5-8,20,22,24-27,33H,1,9-19,29H2,2-4H3,(H,30,34);3H2,1-2H3/b7-6+,23-8+;/t22?,24-,25?,26?,27?;/m0./s1. The zero-order valence-corrected chi connectivity index (χ0v) is 27.5. The number of ether oxygens (including phenoxy) is 3. The monoisotopic (exact) mass is 629 g/mol. The number of aliphatic hydroxyl groups excluding tert-OH is 1. The van der Waals surface area contributed by atoms with Crippen molar-refractivity contribution < 1.29 is 37.3 Å². The highest BCUT2D eigenvalue weighted by atomic mass is 32.2. The average Bonchev–Trinajstić information content (AvgIpc) is 3.44. The molecule has 1 amide bonds. The molecule has 3 atom stereocenters. The highest BCUT2D eigenvalue weighted by molar-refractivity contribution is 7.89. The number of nitrogens with two attached hydrogens (primary N) is 1. The van der Waals surface area contributed by atoms with Crippen LogP contribution in [0.15, 0.2) is 36.6 Å². The number of allylic oxidation sites excluding steroid dienone is 3. The minimum absolute atomic E-state index is 0.00996. The van der Waals surface area contributed by atoms with Crippen molar-refractivity contribution in [2.24, 2.45) is 11.7 Å². The smallest absolute Gasteiger partial charge is 0.407 e. The van der Waals surface area contributed by atoms with E-state index in [0.717, 1.165) is 0 Å². The maximum absolute atomic E-state index is 13.6. The fourth-order valence-electron chi connectivity index (χ4n) is 4.63. The molecule has 0 spiro atoms. The number of alkyl carbamates (subject to hydrolysis) is 1. The summed E-state index contributed by atoms with van der Waals surface area (Å²) in [5.41, 5.74) is 5.99. The average molecular weight is 630 g/mol. The second-order valence-electron chi connectivity index (χ2n) is 11.6. The third-order valence-electron chi connectivity index (χ3n) is 6.82. The van der Waals surface area contributed by atoms with E-state index in [9.17, 15) is 23.1 Å². The van der Waals surface area contributed by atoms with Gasteiger partial charge in [0.1, 0.15) is 18.5 Å². The highest BCUT2D eigenvalue weighted by Gasteiger charge is 2.37. The molecule has 0 bridgehead atoms. The molecule has 11 nitrogen and oxygen atoms in total. The van der Waals surface area contributed by atoms with E-state index in [-0.39, 0.29) is 50.0 Å². The molecule has 2 unspecified atom stereocenters. The number of Topliss-reactive ketones (excluding diaryl/α,β-unsaturated/α-hetero) is 1. The Balaban J connectivity index is 0.00000295. The van der Waals surface area contributed by atoms with E-state index in [1.54, 1.807) is 18.2 Å². The van der Waals surface area contributed by atoms with Crippen LogP contribution in [0, 0.1) is 5.92 Å². The Kier molecular flexibility index (Phi) is 18.6. The van der Waals surface area contributed by atoms with Crippen LogP contribution in [-0.4, -0.2) is 92.2 Å². The number of carbonyl (C=O) groups is 2. The lowest BCUT2D eigenvalue weighted by atomic mass is 9.96. The maximum atomic E-state index is 13.6. The molecular formula is C31H55N3O8S. The molecule has 0 radical (unpaired) electrons. The molecule has 4 N–H and O–H groups in total. The Morgan fingerprint density at radius 3 is 2.35 bits per heavy atom. The minimum Gasteiger partial charge on any atom is -0.486 e. The summed E-state index contributed by atoms with van der Waals surface area (Å²) in [7, 11) is -3.70. The van der Waals surface area contributed by atoms with E-state index >= 15 is 0 Å². The molecule has 1 heterocycles. The van der Waals surface area contributed by atoms with Crippen LogP contribution in [0.3, 0.4) is 0 Å². The molecule has 0 aromatic carbocycles. The van der Waals surface area contributed by atoms with E-state index in [0.29, 0.717) is 51.1 Å². The normalized spacial score (nSPS) is 22.5. The number of aliphatic hydroxyl groups is 1. The van der Waals surface area contributed by atoms with Crippen LogP contribution in [0.4, 0.5) is 4.79 Å². The number of nitrogens with zero attached hydrogens (tertiary/aromatic N) is 1. The van der Waals surface area contributed by atoms with Gasteiger partial charge >= 0.3 is 6.09 Å². The maximum Gasteiger partial charge on any atom is 0.407 e. The number of ketones is 1. The van der Waals surface area contributed by atoms with Crippen LogP contribution >= 0.6 is 0 Å². The van der Waals surface area contributed by atoms with E-state index in [1.807, 2.05) is 13.8 Å². The molecule has 1 aliphatic carbocycles. The van der Waals surface area contributed by atoms with E-state index in [1.165, 1.54) is 23.7 Å². The van der Waals surface area contributed by atoms with Crippen LogP contribution in [-0.2, 0) is 29.0 Å². The summed E-state index contributed by atoms with van der Waals surface area (Å²) >= 11 is 0. The third-order valence-corrected chi connectivity index (χ3v) is 9.15. The van der Waals surface area contributed by atoms with Gasteiger partial charge in [0.05, 0.1) is 30.6 Å². The van der Waals surface area contributed by atoms with Crippen LogP contribution < -0.4 is 11.1 Å². The number of rotatable bonds is 16. The summed E-state index contributed by atoms with van der Waals surface area (Å²) in [6.45, 7) is 14.0. The second kappa shape index (κ2) is 20.7. The van der Waals surface area contributed by atoms with Gasteiger partial charge < -0.3 is 30.4 Å². The summed E-state index contributed by atoms with van der Waals surface area (Å²) in [6, 6.07) is -0.829. The highest BCUT2D eigenvalue weighted by Crippen LogP contribution is 2.27. The Labute approximate surface area is 258 Å². The van der Waals surface area contributed by atoms with Crippen LogP contribution in [0.25, 0.3) is 0 Å². The minimum atomic E-state index is -3.70. The summed E-state index contributed by atoms with van der Waals surface area (Å²) in [4.78, 5) is 23.8. The van der Waals surface area contributed by atoms with Crippen LogP contribution in [0.5, 0.6) is 0 Å². The first-order valence-electron chi connectivity index (χ1n) is 15.4. The lowest BCUT2D eigenvalue weighted by Crippen LogP contribution is -2.52. The van der Waals surface area contributed by atoms with E-state index in [4.69, 9.17) is 19.9 Å². The first-order valence-corrected chi connectivity index (χ1v) is 16.9. The number of carbonyl (C=O) groups excluding carboxylic acids is 2. The number of nitrogens with one attached hydrogen (secondary N) is 1. The molecule has 2 rings (SSSR count). The zero-order chi connectivity index (χ0) is 32.4. The lowest BCUT2D eigenvalue weighted by Gasteiger charge is -2.34. The number of hydrogen-bond acceptors (Lipinski definition) is 9. The van der Waals surface area contributed by atoms with Crippen molar-refractivity contribution in [1.29, 1.82) is 0 Å². The number of amides is 1. The van der Waals surface area contributed by atoms with Gasteiger partial charge in [0.25, 0.3) is 0 Å². The zero-order valence-electron chi connectivity index (χ0n) is 26.7. The van der Waals surface area contributed by atoms with Gasteiger partial charge in [-0.2, -0.15) is 4.31 Å². The molecule has 2 aliphatic rings. The van der Waals surface area contributed by atoms with Gasteiger partial charge in [0, 0.05) is 25.6 Å². The quantitative estimate of drug-likeness (QED) is 0.170. The van der Waals surface area contributed by atoms with Crippen molar-refractivity contribution in [3.05, 3.63) is 36.6 Å². The number of sulfonamides is 1. The van der Waals surface area contributed by atoms with Gasteiger partial charge in [-0.05, 0) is 57.1 Å². The molecule has 0 aromatic rings. The largest absolute Gasteiger partial charge is 0.486 e. The first-order chi connectivity index (χ1) is 20.3. The van der Waals surface area contributed by atoms with Gasteiger partial charge in [-0.25, -0.2) is 13.2 Å². The molecule has 1 saturated carbocycles. The fourth-order valence-corrected chi connectivity index (χ4v) is 6.78. The summed E-state index contributed by atoms with van der Waals surface area (Å²) in [6.07, 6.45) is 8.40. The summed E-state index contributed by atoms with van der Waals surface area (Å²) in [5.74, 6) is 0.287. The first kappa shape index (κ1) is 38.8. The summed E-state index contributed by atoms with van der Waals surface area (Å²) in [5, 5.41) is 13.4. The Morgan fingerprint density at radius 2 is 1.81 bits per heavy atom. The van der Waals surface area contributed by atoms with Crippen molar-refractivity contribution in [2.75, 3.05) is 32.9 Å². The Bertz CT molecular complexity index is 1000. The molecule has 1 aliphatic heterocycles. The SMILES string of the molecule is C=C/C(=C\C=C\CC(NC(=O)O[C@H]1CCOC1)C(O)CN(CC(C)C)S(=O)(=O)C1CCC(N)CC1)OCC(C)=O.CCC. The summed E-state index contributed by atoms with van der Waals surface area (Å²) < 4.78 is 44.6. The van der Waals surface area contributed by atoms with Gasteiger partial charge in [0.15, 0.2) is 5.78 Å². The van der Waals surface area contributed by atoms with Crippen molar-refractivity contribution in [3.8, 4) is 0 Å². The topological polar surface area (TPSA) is 157 Å². The molecule has 12 heteroatoms. The lowest BCUT2D eigenvalue weighted by molar-refractivity contribution is -0.120. The van der Waals surface area contributed by atoms with E-state index in [2.05, 4.69) is 25.7 Å². The molecule has 248 valence electrons. The Hall–Kier alpha value is -2.25. The van der Waals surface area contributed by atoms with Crippen molar-refractivity contribution in [2.45, 2.75) is 109 Å². The number of hydrogen-bond donors (Lipinski definition) is 3. The fraction of sp³-hybridized carbons (Fsp3) is 0.742.